The molecule has 1 aliphatic rings. The summed E-state index contributed by atoms with van der Waals surface area (Å²) in [5.41, 5.74) is 0.348. The lowest BCUT2D eigenvalue weighted by Gasteiger charge is -2.22. The fraction of sp³-hybridized carbons (Fsp3) is 0.500. The van der Waals surface area contributed by atoms with E-state index in [1.165, 1.54) is 12.1 Å². The maximum atomic E-state index is 12.3. The summed E-state index contributed by atoms with van der Waals surface area (Å²) >= 11 is 0. The summed E-state index contributed by atoms with van der Waals surface area (Å²) in [6, 6.07) is 8.11. The van der Waals surface area contributed by atoms with Gasteiger partial charge in [-0.15, -0.1) is 0 Å². The Hall–Kier alpha value is -1.42. The number of benzene rings is 1. The number of rotatable bonds is 5. The lowest BCUT2D eigenvalue weighted by molar-refractivity contribution is 0.165. The molecule has 1 aromatic carbocycles. The van der Waals surface area contributed by atoms with Gasteiger partial charge in [0.25, 0.3) is 0 Å². The average Bonchev–Trinajstić information content (AvgIpc) is 2.93. The number of nitrogens with zero attached hydrogens (tertiary/aromatic N) is 2. The van der Waals surface area contributed by atoms with Crippen molar-refractivity contribution in [2.45, 2.75) is 23.8 Å². The first kappa shape index (κ1) is 15.0. The summed E-state index contributed by atoms with van der Waals surface area (Å²) in [7, 11) is -3.39. The molecule has 20 heavy (non-hydrogen) atoms. The molecule has 1 saturated heterocycles. The first-order valence-electron chi connectivity index (χ1n) is 6.64. The summed E-state index contributed by atoms with van der Waals surface area (Å²) < 4.78 is 24.5. The zero-order valence-corrected chi connectivity index (χ0v) is 12.0. The minimum atomic E-state index is -3.39. The summed E-state index contributed by atoms with van der Waals surface area (Å²) in [6.07, 6.45) is 1.91. The number of nitriles is 1. The second kappa shape index (κ2) is 6.35. The van der Waals surface area contributed by atoms with Crippen molar-refractivity contribution < 1.29 is 13.5 Å². The fourth-order valence-electron chi connectivity index (χ4n) is 2.51. The molecule has 108 valence electrons. The smallest absolute Gasteiger partial charge is 0.179 e. The second-order valence-electron chi connectivity index (χ2n) is 4.97. The third-order valence-electron chi connectivity index (χ3n) is 3.68. The minimum Gasteiger partial charge on any atom is -0.395 e. The molecule has 2 rings (SSSR count). The maximum absolute atomic E-state index is 12.3. The molecular weight excluding hydrogens is 276 g/mol. The van der Waals surface area contributed by atoms with Crippen LogP contribution in [0, 0.1) is 11.3 Å². The van der Waals surface area contributed by atoms with Crippen LogP contribution in [0.2, 0.25) is 0 Å². The highest BCUT2D eigenvalue weighted by atomic mass is 32.2. The van der Waals surface area contributed by atoms with E-state index in [2.05, 4.69) is 0 Å². The Morgan fingerprint density at radius 3 is 2.95 bits per heavy atom. The number of aliphatic hydroxyl groups excluding tert-OH is 1. The molecule has 0 unspecified atom stereocenters. The predicted octanol–water partition coefficient (Wildman–Crippen LogP) is 0.789. The normalized spacial score (nSPS) is 19.9. The molecule has 1 aromatic rings. The molecule has 1 fully saturated rings. The highest BCUT2D eigenvalue weighted by Gasteiger charge is 2.25. The highest BCUT2D eigenvalue weighted by Crippen LogP contribution is 2.18. The van der Waals surface area contributed by atoms with Gasteiger partial charge in [-0.25, -0.2) is 8.42 Å². The summed E-state index contributed by atoms with van der Waals surface area (Å²) in [5, 5.41) is 18.0. The largest absolute Gasteiger partial charge is 0.395 e. The molecule has 1 atom stereocenters. The van der Waals surface area contributed by atoms with Crippen molar-refractivity contribution in [1.82, 2.24) is 4.90 Å². The van der Waals surface area contributed by atoms with Crippen LogP contribution in [-0.4, -0.2) is 49.9 Å². The third-order valence-corrected chi connectivity index (χ3v) is 5.37. The van der Waals surface area contributed by atoms with Gasteiger partial charge in [-0.3, -0.25) is 4.90 Å². The minimum absolute atomic E-state index is 0.0123. The van der Waals surface area contributed by atoms with Crippen LogP contribution in [-0.2, 0) is 9.84 Å². The molecule has 0 radical (unpaired) electrons. The van der Waals surface area contributed by atoms with Gasteiger partial charge in [0.05, 0.1) is 28.9 Å². The van der Waals surface area contributed by atoms with Crippen molar-refractivity contribution in [1.29, 1.82) is 5.26 Å². The van der Waals surface area contributed by atoms with Crippen LogP contribution in [0.25, 0.3) is 0 Å². The number of sulfone groups is 1. The first-order valence-corrected chi connectivity index (χ1v) is 8.30. The first-order chi connectivity index (χ1) is 9.56. The molecule has 5 nitrogen and oxygen atoms in total. The Labute approximate surface area is 119 Å². The molecule has 0 spiro atoms. The topological polar surface area (TPSA) is 81.4 Å². The van der Waals surface area contributed by atoms with Gasteiger partial charge in [0.15, 0.2) is 9.84 Å². The molecule has 0 aromatic heterocycles. The number of likely N-dealkylation sites (tertiary alicyclic amines) is 1. The Bertz CT molecular complexity index is 607. The monoisotopic (exact) mass is 294 g/mol. The molecule has 0 saturated carbocycles. The van der Waals surface area contributed by atoms with Crippen molar-refractivity contribution in [2.75, 3.05) is 25.4 Å². The lowest BCUT2D eigenvalue weighted by atomic mass is 10.2. The van der Waals surface area contributed by atoms with E-state index in [1.54, 1.807) is 12.1 Å². The van der Waals surface area contributed by atoms with Gasteiger partial charge in [-0.2, -0.15) is 5.26 Å². The van der Waals surface area contributed by atoms with Crippen molar-refractivity contribution in [3.8, 4) is 6.07 Å². The Morgan fingerprint density at radius 2 is 2.25 bits per heavy atom. The summed E-state index contributed by atoms with van der Waals surface area (Å²) in [4.78, 5) is 2.21. The van der Waals surface area contributed by atoms with Gasteiger partial charge < -0.3 is 5.11 Å². The van der Waals surface area contributed by atoms with Gasteiger partial charge in [-0.1, -0.05) is 6.07 Å². The fourth-order valence-corrected chi connectivity index (χ4v) is 3.81. The zero-order valence-electron chi connectivity index (χ0n) is 11.2. The third kappa shape index (κ3) is 3.37. The quantitative estimate of drug-likeness (QED) is 0.868. The molecule has 1 aliphatic heterocycles. The predicted molar refractivity (Wildman–Crippen MR) is 74.9 cm³/mol. The maximum Gasteiger partial charge on any atom is 0.179 e. The second-order valence-corrected chi connectivity index (χ2v) is 7.08. The van der Waals surface area contributed by atoms with E-state index in [1.807, 2.05) is 11.0 Å². The van der Waals surface area contributed by atoms with E-state index in [0.29, 0.717) is 12.1 Å². The molecule has 0 bridgehead atoms. The average molecular weight is 294 g/mol. The van der Waals surface area contributed by atoms with Crippen molar-refractivity contribution >= 4 is 9.84 Å². The van der Waals surface area contributed by atoms with Crippen LogP contribution >= 0.6 is 0 Å². The Balaban J connectivity index is 2.06. The van der Waals surface area contributed by atoms with Gasteiger partial charge >= 0.3 is 0 Å². The zero-order chi connectivity index (χ0) is 14.6. The van der Waals surface area contributed by atoms with Crippen molar-refractivity contribution in [2.24, 2.45) is 0 Å². The highest BCUT2D eigenvalue weighted by molar-refractivity contribution is 7.91. The molecule has 0 amide bonds. The Morgan fingerprint density at radius 1 is 1.45 bits per heavy atom. The summed E-state index contributed by atoms with van der Waals surface area (Å²) in [5.74, 6) is 0.0123. The molecule has 1 heterocycles. The van der Waals surface area contributed by atoms with Crippen LogP contribution in [0.5, 0.6) is 0 Å². The van der Waals surface area contributed by atoms with E-state index in [4.69, 9.17) is 5.26 Å². The van der Waals surface area contributed by atoms with Gasteiger partial charge in [0.1, 0.15) is 0 Å². The lowest BCUT2D eigenvalue weighted by Crippen LogP contribution is -2.35. The molecular formula is C14H18N2O3S. The van der Waals surface area contributed by atoms with Gasteiger partial charge in [0.2, 0.25) is 0 Å². The van der Waals surface area contributed by atoms with Crippen LogP contribution < -0.4 is 0 Å². The van der Waals surface area contributed by atoms with Crippen molar-refractivity contribution in [3.63, 3.8) is 0 Å². The van der Waals surface area contributed by atoms with E-state index in [9.17, 15) is 13.5 Å². The SMILES string of the molecule is N#Cc1cccc(S(=O)(=O)CCN2CCC[C@H]2CO)c1. The van der Waals surface area contributed by atoms with Crippen LogP contribution in [0.4, 0.5) is 0 Å². The van der Waals surface area contributed by atoms with Crippen molar-refractivity contribution in [3.05, 3.63) is 29.8 Å². The Kier molecular flexibility index (Phi) is 4.76. The van der Waals surface area contributed by atoms with E-state index < -0.39 is 9.84 Å². The molecule has 0 aliphatic carbocycles. The van der Waals surface area contributed by atoms with Crippen LogP contribution in [0.15, 0.2) is 29.2 Å². The summed E-state index contributed by atoms with van der Waals surface area (Å²) in [6.45, 7) is 1.33. The van der Waals surface area contributed by atoms with Crippen LogP contribution in [0.3, 0.4) is 0 Å². The number of hydrogen-bond acceptors (Lipinski definition) is 5. The molecule has 6 heteroatoms. The van der Waals surface area contributed by atoms with Gasteiger partial charge in [-0.05, 0) is 37.6 Å². The number of hydrogen-bond donors (Lipinski definition) is 1. The van der Waals surface area contributed by atoms with E-state index in [-0.39, 0.29) is 23.3 Å². The van der Waals surface area contributed by atoms with Crippen LogP contribution in [0.1, 0.15) is 18.4 Å². The van der Waals surface area contributed by atoms with E-state index in [0.717, 1.165) is 19.4 Å². The number of aliphatic hydroxyl groups is 1. The van der Waals surface area contributed by atoms with Gasteiger partial charge in [0, 0.05) is 12.6 Å². The standard InChI is InChI=1S/C14H18N2O3S/c15-10-12-3-1-5-14(9-12)20(18,19)8-7-16-6-2-4-13(16)11-17/h1,3,5,9,13,17H,2,4,6-8,11H2/t13-/m0/s1. The van der Waals surface area contributed by atoms with E-state index >= 15 is 0 Å². The molecule has 1 N–H and O–H groups in total.